The lowest BCUT2D eigenvalue weighted by Crippen LogP contribution is -2.12. The Balaban J connectivity index is 1.85. The number of benzene rings is 1. The lowest BCUT2D eigenvalue weighted by molar-refractivity contribution is -0.0522. The first-order valence-electron chi connectivity index (χ1n) is 8.14. The maximum Gasteiger partial charge on any atom is 0.387 e. The number of alkyl halides is 4. The third-order valence-corrected chi connectivity index (χ3v) is 4.38. The van der Waals surface area contributed by atoms with Crippen molar-refractivity contribution >= 4 is 0 Å². The molecule has 0 amide bonds. The van der Waals surface area contributed by atoms with E-state index in [9.17, 15) is 22.0 Å². The Kier molecular flexibility index (Phi) is 7.06. The van der Waals surface area contributed by atoms with Crippen LogP contribution in [0.2, 0.25) is 0 Å². The topological polar surface area (TPSA) is 9.23 Å². The Morgan fingerprint density at radius 3 is 2.38 bits per heavy atom. The predicted octanol–water partition coefficient (Wildman–Crippen LogP) is 6.30. The highest BCUT2D eigenvalue weighted by molar-refractivity contribution is 5.31. The minimum atomic E-state index is -3.04. The zero-order chi connectivity index (χ0) is 17.5. The highest BCUT2D eigenvalue weighted by atomic mass is 19.3. The molecule has 2 rings (SSSR count). The number of halogens is 5. The number of hydrogen-bond donors (Lipinski definition) is 0. The summed E-state index contributed by atoms with van der Waals surface area (Å²) in [6.07, 6.45) is 5.35. The molecule has 6 heteroatoms. The van der Waals surface area contributed by atoms with Gasteiger partial charge in [0.05, 0.1) is 0 Å². The van der Waals surface area contributed by atoms with E-state index in [0.717, 1.165) is 31.2 Å². The van der Waals surface area contributed by atoms with Gasteiger partial charge in [0, 0.05) is 6.42 Å². The zero-order valence-corrected chi connectivity index (χ0v) is 13.2. The molecule has 24 heavy (non-hydrogen) atoms. The first-order valence-corrected chi connectivity index (χ1v) is 8.14. The van der Waals surface area contributed by atoms with Crippen LogP contribution >= 0.6 is 0 Å². The van der Waals surface area contributed by atoms with E-state index in [1.54, 1.807) is 6.07 Å². The van der Waals surface area contributed by atoms with E-state index in [-0.39, 0.29) is 12.3 Å². The minimum absolute atomic E-state index is 0.113. The SMILES string of the molecule is Fc1cc(C2CCC(/C=C/CCC(F)F)CC2)ccc1OC(F)F. The standard InChI is InChI=1S/C18H21F5O/c19-15-11-14(9-10-16(15)24-18(22)23)13-7-5-12(6-8-13)3-1-2-4-17(20)21/h1,3,9-13,17-18H,2,4-8H2/b3-1+. The monoisotopic (exact) mass is 348 g/mol. The van der Waals surface area contributed by atoms with Gasteiger partial charge < -0.3 is 4.74 Å². The molecule has 0 spiro atoms. The molecular weight excluding hydrogens is 327 g/mol. The molecule has 0 heterocycles. The fourth-order valence-electron chi connectivity index (χ4n) is 3.12. The molecule has 134 valence electrons. The van der Waals surface area contributed by atoms with Crippen molar-refractivity contribution in [2.24, 2.45) is 5.92 Å². The van der Waals surface area contributed by atoms with Crippen molar-refractivity contribution in [2.45, 2.75) is 57.5 Å². The molecular formula is C18H21F5O. The summed E-state index contributed by atoms with van der Waals surface area (Å²) >= 11 is 0. The van der Waals surface area contributed by atoms with Crippen LogP contribution in [0.3, 0.4) is 0 Å². The second-order valence-corrected chi connectivity index (χ2v) is 6.08. The van der Waals surface area contributed by atoms with Gasteiger partial charge in [-0.2, -0.15) is 8.78 Å². The second kappa shape index (κ2) is 9.04. The average Bonchev–Trinajstić information content (AvgIpc) is 2.53. The van der Waals surface area contributed by atoms with E-state index in [4.69, 9.17) is 0 Å². The summed E-state index contributed by atoms with van der Waals surface area (Å²) in [6, 6.07) is 4.14. The Labute approximate surface area is 138 Å². The number of allylic oxidation sites excluding steroid dienone is 2. The highest BCUT2D eigenvalue weighted by Gasteiger charge is 2.22. The van der Waals surface area contributed by atoms with Gasteiger partial charge in [0.1, 0.15) is 0 Å². The van der Waals surface area contributed by atoms with Crippen molar-refractivity contribution in [1.82, 2.24) is 0 Å². The molecule has 0 N–H and O–H groups in total. The number of rotatable bonds is 7. The van der Waals surface area contributed by atoms with Crippen molar-refractivity contribution in [3.63, 3.8) is 0 Å². The maximum absolute atomic E-state index is 13.8. The molecule has 0 aromatic heterocycles. The molecule has 0 unspecified atom stereocenters. The van der Waals surface area contributed by atoms with Crippen molar-refractivity contribution in [3.05, 3.63) is 41.7 Å². The van der Waals surface area contributed by atoms with Gasteiger partial charge in [0.15, 0.2) is 11.6 Å². The molecule has 0 bridgehead atoms. The van der Waals surface area contributed by atoms with Crippen LogP contribution in [0.25, 0.3) is 0 Å². The van der Waals surface area contributed by atoms with Crippen LogP contribution in [0.4, 0.5) is 22.0 Å². The lowest BCUT2D eigenvalue weighted by Gasteiger charge is -2.27. The van der Waals surface area contributed by atoms with Crippen molar-refractivity contribution in [1.29, 1.82) is 0 Å². The Morgan fingerprint density at radius 2 is 1.79 bits per heavy atom. The average molecular weight is 348 g/mol. The molecule has 1 aliphatic rings. The van der Waals surface area contributed by atoms with Crippen molar-refractivity contribution < 1.29 is 26.7 Å². The van der Waals surface area contributed by atoms with Gasteiger partial charge in [-0.3, -0.25) is 0 Å². The van der Waals surface area contributed by atoms with Gasteiger partial charge in [-0.15, -0.1) is 0 Å². The maximum atomic E-state index is 13.8. The summed E-state index contributed by atoms with van der Waals surface area (Å²) in [6.45, 7) is -3.04. The van der Waals surface area contributed by atoms with E-state index in [1.165, 1.54) is 12.1 Å². The fourth-order valence-corrected chi connectivity index (χ4v) is 3.12. The fraction of sp³-hybridized carbons (Fsp3) is 0.556. The number of ether oxygens (including phenoxy) is 1. The van der Waals surface area contributed by atoms with Crippen LogP contribution in [0.1, 0.15) is 50.0 Å². The molecule has 0 aliphatic heterocycles. The smallest absolute Gasteiger partial charge is 0.387 e. The van der Waals surface area contributed by atoms with Crippen LogP contribution in [0.15, 0.2) is 30.4 Å². The van der Waals surface area contributed by atoms with E-state index in [2.05, 4.69) is 4.74 Å². The van der Waals surface area contributed by atoms with Crippen LogP contribution < -0.4 is 4.74 Å². The van der Waals surface area contributed by atoms with Crippen LogP contribution in [0.5, 0.6) is 5.75 Å². The van der Waals surface area contributed by atoms with Crippen molar-refractivity contribution in [2.75, 3.05) is 0 Å². The molecule has 0 atom stereocenters. The lowest BCUT2D eigenvalue weighted by atomic mass is 9.78. The van der Waals surface area contributed by atoms with E-state index < -0.39 is 24.6 Å². The highest BCUT2D eigenvalue weighted by Crippen LogP contribution is 2.37. The van der Waals surface area contributed by atoms with E-state index in [0.29, 0.717) is 12.3 Å². The normalized spacial score (nSPS) is 21.8. The first-order chi connectivity index (χ1) is 11.5. The van der Waals surface area contributed by atoms with Gasteiger partial charge in [-0.1, -0.05) is 18.2 Å². The third-order valence-electron chi connectivity index (χ3n) is 4.38. The molecule has 1 aromatic rings. The largest absolute Gasteiger partial charge is 0.432 e. The van der Waals surface area contributed by atoms with Gasteiger partial charge in [0.25, 0.3) is 0 Å². The third kappa shape index (κ3) is 5.80. The Bertz CT molecular complexity index is 536. The van der Waals surface area contributed by atoms with Crippen molar-refractivity contribution in [3.8, 4) is 5.75 Å². The summed E-state index contributed by atoms with van der Waals surface area (Å²) in [4.78, 5) is 0. The molecule has 1 aromatic carbocycles. The molecule has 1 nitrogen and oxygen atoms in total. The van der Waals surface area contributed by atoms with Crippen LogP contribution in [-0.2, 0) is 0 Å². The molecule has 1 saturated carbocycles. The quantitative estimate of drug-likeness (QED) is 0.415. The summed E-state index contributed by atoms with van der Waals surface area (Å²) in [5, 5.41) is 0. The molecule has 0 saturated heterocycles. The molecule has 1 aliphatic carbocycles. The Hall–Kier alpha value is -1.59. The summed E-state index contributed by atoms with van der Waals surface area (Å²) < 4.78 is 66.3. The van der Waals surface area contributed by atoms with Gasteiger partial charge in [0.2, 0.25) is 6.43 Å². The second-order valence-electron chi connectivity index (χ2n) is 6.08. The summed E-state index contributed by atoms with van der Waals surface area (Å²) in [7, 11) is 0. The minimum Gasteiger partial charge on any atom is -0.432 e. The molecule has 0 radical (unpaired) electrons. The zero-order valence-electron chi connectivity index (χ0n) is 13.2. The first kappa shape index (κ1) is 18.7. The molecule has 1 fully saturated rings. The van der Waals surface area contributed by atoms with Gasteiger partial charge in [-0.05, 0) is 61.6 Å². The Morgan fingerprint density at radius 1 is 1.08 bits per heavy atom. The summed E-state index contributed by atoms with van der Waals surface area (Å²) in [5.74, 6) is -0.665. The van der Waals surface area contributed by atoms with Gasteiger partial charge >= 0.3 is 6.61 Å². The predicted molar refractivity (Wildman–Crippen MR) is 82.1 cm³/mol. The van der Waals surface area contributed by atoms with Crippen LogP contribution in [0, 0.1) is 11.7 Å². The van der Waals surface area contributed by atoms with Gasteiger partial charge in [-0.25, -0.2) is 13.2 Å². The van der Waals surface area contributed by atoms with E-state index >= 15 is 0 Å². The van der Waals surface area contributed by atoms with Crippen LogP contribution in [-0.4, -0.2) is 13.0 Å². The number of hydrogen-bond acceptors (Lipinski definition) is 1. The summed E-state index contributed by atoms with van der Waals surface area (Å²) in [5.41, 5.74) is 0.786. The van der Waals surface area contributed by atoms with E-state index in [1.807, 2.05) is 12.2 Å².